The van der Waals surface area contributed by atoms with Crippen LogP contribution in [0.5, 0.6) is 0 Å². The van der Waals surface area contributed by atoms with E-state index in [1.807, 2.05) is 0 Å². The van der Waals surface area contributed by atoms with Gasteiger partial charge < -0.3 is 0 Å². The van der Waals surface area contributed by atoms with Crippen molar-refractivity contribution >= 4 is 0 Å². The van der Waals surface area contributed by atoms with Gasteiger partial charge in [0.25, 0.3) is 0 Å². The van der Waals surface area contributed by atoms with Gasteiger partial charge >= 0.3 is 0 Å². The van der Waals surface area contributed by atoms with Crippen LogP contribution in [0, 0.1) is 12.3 Å². The highest BCUT2D eigenvalue weighted by Crippen LogP contribution is 2.31. The van der Waals surface area contributed by atoms with Gasteiger partial charge in [0.15, 0.2) is 0 Å². The van der Waals surface area contributed by atoms with Gasteiger partial charge in [-0.25, -0.2) is 0 Å². The van der Waals surface area contributed by atoms with Crippen LogP contribution in [-0.2, 0) is 0 Å². The highest BCUT2D eigenvalue weighted by molar-refractivity contribution is 4.95. The third-order valence-electron chi connectivity index (χ3n) is 1.51. The fourth-order valence-corrected chi connectivity index (χ4v) is 0.809. The molecule has 0 bridgehead atoms. The van der Waals surface area contributed by atoms with Crippen molar-refractivity contribution in [3.63, 3.8) is 0 Å². The van der Waals surface area contributed by atoms with Gasteiger partial charge in [-0.3, -0.25) is 0 Å². The minimum absolute atomic E-state index is 0.978. The standard InChI is InChI=1S/C8H13/c1-2-3-4-5-8-6-7-8/h2-3,6,8H,4-5,7H2,1H3. The van der Waals surface area contributed by atoms with Crippen LogP contribution >= 0.6 is 0 Å². The van der Waals surface area contributed by atoms with E-state index in [1.165, 1.54) is 19.3 Å². The second-order valence-corrected chi connectivity index (χ2v) is 2.38. The second-order valence-electron chi connectivity index (χ2n) is 2.38. The normalized spacial score (nSPS) is 20.1. The van der Waals surface area contributed by atoms with Crippen LogP contribution in [0.2, 0.25) is 0 Å². The highest BCUT2D eigenvalue weighted by Gasteiger charge is 2.19. The molecule has 1 fully saturated rings. The molecule has 0 amide bonds. The van der Waals surface area contributed by atoms with Gasteiger partial charge in [-0.15, -0.1) is 0 Å². The topological polar surface area (TPSA) is 0 Å². The Morgan fingerprint density at radius 1 is 1.75 bits per heavy atom. The molecule has 0 saturated heterocycles. The van der Waals surface area contributed by atoms with E-state index in [4.69, 9.17) is 0 Å². The zero-order valence-corrected chi connectivity index (χ0v) is 5.43. The molecule has 0 heterocycles. The van der Waals surface area contributed by atoms with E-state index < -0.39 is 0 Å². The molecule has 1 aliphatic carbocycles. The molecule has 0 nitrogen and oxygen atoms in total. The Morgan fingerprint density at radius 2 is 2.50 bits per heavy atom. The first kappa shape index (κ1) is 5.87. The average molecular weight is 109 g/mol. The Hall–Kier alpha value is -0.260. The molecule has 0 N–H and O–H groups in total. The van der Waals surface area contributed by atoms with Crippen LogP contribution in [0.25, 0.3) is 0 Å². The highest BCUT2D eigenvalue weighted by atomic mass is 14.2. The van der Waals surface area contributed by atoms with Gasteiger partial charge in [0.2, 0.25) is 0 Å². The molecular formula is C8H13. The van der Waals surface area contributed by atoms with Crippen LogP contribution < -0.4 is 0 Å². The smallest absolute Gasteiger partial charge is 0.0348 e. The lowest BCUT2D eigenvalue weighted by Crippen LogP contribution is -1.71. The molecule has 0 aromatic heterocycles. The van der Waals surface area contributed by atoms with Crippen molar-refractivity contribution in [2.75, 3.05) is 0 Å². The minimum atomic E-state index is 0.978. The zero-order valence-electron chi connectivity index (χ0n) is 5.43. The van der Waals surface area contributed by atoms with E-state index in [0.717, 1.165) is 5.92 Å². The molecule has 8 heavy (non-hydrogen) atoms. The zero-order chi connectivity index (χ0) is 5.82. The summed E-state index contributed by atoms with van der Waals surface area (Å²) in [6.45, 7) is 2.08. The van der Waals surface area contributed by atoms with Crippen LogP contribution in [0.4, 0.5) is 0 Å². The van der Waals surface area contributed by atoms with Gasteiger partial charge in [0, 0.05) is 0 Å². The van der Waals surface area contributed by atoms with Crippen LogP contribution in [0.15, 0.2) is 12.2 Å². The molecule has 1 atom stereocenters. The Labute approximate surface area is 51.6 Å². The molecule has 1 aliphatic rings. The molecule has 0 spiro atoms. The number of allylic oxidation sites excluding steroid dienone is 2. The van der Waals surface area contributed by atoms with Crippen molar-refractivity contribution in [3.8, 4) is 0 Å². The summed E-state index contributed by atoms with van der Waals surface area (Å²) >= 11 is 0. The lowest BCUT2D eigenvalue weighted by atomic mass is 10.2. The summed E-state index contributed by atoms with van der Waals surface area (Å²) in [7, 11) is 0. The van der Waals surface area contributed by atoms with Gasteiger partial charge in [-0.1, -0.05) is 12.2 Å². The summed E-state index contributed by atoms with van der Waals surface area (Å²) in [5, 5.41) is 0. The lowest BCUT2D eigenvalue weighted by Gasteiger charge is -1.86. The van der Waals surface area contributed by atoms with Crippen molar-refractivity contribution in [3.05, 3.63) is 18.6 Å². The third-order valence-corrected chi connectivity index (χ3v) is 1.51. The maximum atomic E-state index is 2.38. The summed E-state index contributed by atoms with van der Waals surface area (Å²) in [5.74, 6) is 0.978. The molecular weight excluding hydrogens is 96.1 g/mol. The Balaban J connectivity index is 1.88. The quantitative estimate of drug-likeness (QED) is 0.488. The maximum absolute atomic E-state index is 2.38. The molecule has 0 aliphatic heterocycles. The largest absolute Gasteiger partial charge is 0.0917 e. The molecule has 0 aromatic carbocycles. The van der Waals surface area contributed by atoms with E-state index in [9.17, 15) is 0 Å². The predicted molar refractivity (Wildman–Crippen MR) is 36.5 cm³/mol. The first-order valence-electron chi connectivity index (χ1n) is 3.38. The molecule has 0 heteroatoms. The maximum Gasteiger partial charge on any atom is -0.0348 e. The summed E-state index contributed by atoms with van der Waals surface area (Å²) in [6, 6.07) is 0. The van der Waals surface area contributed by atoms with E-state index >= 15 is 0 Å². The van der Waals surface area contributed by atoms with Crippen LogP contribution in [0.3, 0.4) is 0 Å². The van der Waals surface area contributed by atoms with E-state index in [-0.39, 0.29) is 0 Å². The summed E-state index contributed by atoms with van der Waals surface area (Å²) < 4.78 is 0. The Morgan fingerprint density at radius 3 is 3.00 bits per heavy atom. The Kier molecular flexibility index (Phi) is 2.13. The minimum Gasteiger partial charge on any atom is -0.0917 e. The molecule has 1 unspecified atom stereocenters. The van der Waals surface area contributed by atoms with Crippen LogP contribution in [0.1, 0.15) is 26.2 Å². The molecule has 1 rings (SSSR count). The monoisotopic (exact) mass is 109 g/mol. The van der Waals surface area contributed by atoms with Crippen molar-refractivity contribution < 1.29 is 0 Å². The van der Waals surface area contributed by atoms with E-state index in [0.29, 0.717) is 0 Å². The first-order valence-corrected chi connectivity index (χ1v) is 3.38. The summed E-state index contributed by atoms with van der Waals surface area (Å²) in [5.41, 5.74) is 0. The third kappa shape index (κ3) is 2.15. The second kappa shape index (κ2) is 2.91. The average Bonchev–Trinajstić information content (AvgIpc) is 2.51. The number of hydrogen-bond donors (Lipinski definition) is 0. The number of hydrogen-bond acceptors (Lipinski definition) is 0. The number of rotatable bonds is 3. The molecule has 0 aromatic rings. The summed E-state index contributed by atoms with van der Waals surface area (Å²) in [6.07, 6.45) is 10.8. The fraction of sp³-hybridized carbons (Fsp3) is 0.625. The lowest BCUT2D eigenvalue weighted by molar-refractivity contribution is 0.762. The van der Waals surface area contributed by atoms with Crippen LogP contribution in [-0.4, -0.2) is 0 Å². The molecule has 45 valence electrons. The van der Waals surface area contributed by atoms with Crippen molar-refractivity contribution in [1.29, 1.82) is 0 Å². The van der Waals surface area contributed by atoms with Gasteiger partial charge in [0.1, 0.15) is 0 Å². The van der Waals surface area contributed by atoms with E-state index in [1.54, 1.807) is 0 Å². The van der Waals surface area contributed by atoms with Crippen molar-refractivity contribution in [2.24, 2.45) is 5.92 Å². The van der Waals surface area contributed by atoms with Gasteiger partial charge in [-0.2, -0.15) is 0 Å². The Bertz CT molecular complexity index is 78.0. The predicted octanol–water partition coefficient (Wildman–Crippen LogP) is 2.57. The fourth-order valence-electron chi connectivity index (χ4n) is 0.809. The first-order chi connectivity index (χ1) is 3.93. The van der Waals surface area contributed by atoms with Crippen molar-refractivity contribution in [2.45, 2.75) is 26.2 Å². The molecule has 1 radical (unpaired) electrons. The van der Waals surface area contributed by atoms with E-state index in [2.05, 4.69) is 25.5 Å². The SMILES string of the molecule is CC=CCCC1[CH]C1. The van der Waals surface area contributed by atoms with Crippen molar-refractivity contribution in [1.82, 2.24) is 0 Å². The van der Waals surface area contributed by atoms with Gasteiger partial charge in [0.05, 0.1) is 0 Å². The molecule has 1 saturated carbocycles. The van der Waals surface area contributed by atoms with Gasteiger partial charge in [-0.05, 0) is 38.5 Å². The summed E-state index contributed by atoms with van der Waals surface area (Å²) in [4.78, 5) is 0.